The number of non-ortho nitro benzene ring substituents is 1. The fourth-order valence-corrected chi connectivity index (χ4v) is 2.21. The summed E-state index contributed by atoms with van der Waals surface area (Å²) in [6.07, 6.45) is -0.976. The summed E-state index contributed by atoms with van der Waals surface area (Å²) in [6, 6.07) is 11.8. The molecule has 0 bridgehead atoms. The van der Waals surface area contributed by atoms with Gasteiger partial charge in [-0.15, -0.1) is 0 Å². The Morgan fingerprint density at radius 2 is 1.56 bits per heavy atom. The number of esters is 1. The highest BCUT2D eigenvalue weighted by atomic mass is 16.6. The number of Topliss-reactive ketones (excluding diaryl/α,β-unsaturated/α-hetero) is 1. The molecule has 0 aromatic heterocycles. The van der Waals surface area contributed by atoms with E-state index in [1.807, 2.05) is 6.92 Å². The molecular formula is C19H19NO7. The van der Waals surface area contributed by atoms with Crippen molar-refractivity contribution in [2.75, 3.05) is 13.2 Å². The zero-order chi connectivity index (χ0) is 19.8. The lowest BCUT2D eigenvalue weighted by Gasteiger charge is -2.13. The first kappa shape index (κ1) is 19.9. The topological polar surface area (TPSA) is 105 Å². The molecule has 2 aromatic rings. The van der Waals surface area contributed by atoms with Gasteiger partial charge in [0.05, 0.1) is 11.5 Å². The molecule has 0 aliphatic carbocycles. The molecule has 1 atom stereocenters. The Balaban J connectivity index is 1.85. The molecule has 8 nitrogen and oxygen atoms in total. The molecule has 0 unspecified atom stereocenters. The number of rotatable bonds is 9. The molecule has 2 rings (SSSR count). The number of benzene rings is 2. The van der Waals surface area contributed by atoms with Crippen molar-refractivity contribution in [3.63, 3.8) is 0 Å². The summed E-state index contributed by atoms with van der Waals surface area (Å²) in [6.45, 7) is 3.44. The molecule has 142 valence electrons. The molecule has 0 saturated carbocycles. The smallest absolute Gasteiger partial charge is 0.344 e. The molecule has 0 amide bonds. The lowest BCUT2D eigenvalue weighted by molar-refractivity contribution is -0.384. The Hall–Kier alpha value is -3.42. The maximum atomic E-state index is 12.3. The molecule has 2 aromatic carbocycles. The maximum absolute atomic E-state index is 12.3. The third-order valence-electron chi connectivity index (χ3n) is 3.53. The number of ether oxygens (including phenoxy) is 3. The lowest BCUT2D eigenvalue weighted by Crippen LogP contribution is -2.27. The molecule has 0 heterocycles. The van der Waals surface area contributed by atoms with Crippen LogP contribution in [0.1, 0.15) is 24.2 Å². The molecule has 0 spiro atoms. The van der Waals surface area contributed by atoms with Crippen LogP contribution in [0.3, 0.4) is 0 Å². The normalized spacial score (nSPS) is 11.3. The number of carbonyl (C=O) groups is 2. The second kappa shape index (κ2) is 9.33. The first-order valence-corrected chi connectivity index (χ1v) is 8.24. The molecule has 8 heteroatoms. The van der Waals surface area contributed by atoms with Crippen LogP contribution in [0.2, 0.25) is 0 Å². The van der Waals surface area contributed by atoms with Gasteiger partial charge in [-0.1, -0.05) is 0 Å². The van der Waals surface area contributed by atoms with Gasteiger partial charge in [-0.25, -0.2) is 4.79 Å². The number of ketones is 1. The van der Waals surface area contributed by atoms with E-state index in [1.165, 1.54) is 31.2 Å². The number of nitro groups is 1. The Labute approximate surface area is 155 Å². The second-order valence-electron chi connectivity index (χ2n) is 5.49. The van der Waals surface area contributed by atoms with Crippen LogP contribution < -0.4 is 9.47 Å². The zero-order valence-corrected chi connectivity index (χ0v) is 14.9. The predicted molar refractivity (Wildman–Crippen MR) is 96.1 cm³/mol. The summed E-state index contributed by atoms with van der Waals surface area (Å²) < 4.78 is 15.6. The first-order chi connectivity index (χ1) is 12.9. The Bertz CT molecular complexity index is 800. The van der Waals surface area contributed by atoms with Gasteiger partial charge in [0.25, 0.3) is 5.69 Å². The molecule has 0 radical (unpaired) electrons. The van der Waals surface area contributed by atoms with Crippen molar-refractivity contribution in [1.29, 1.82) is 0 Å². The van der Waals surface area contributed by atoms with E-state index in [2.05, 4.69) is 0 Å². The number of hydrogen-bond donors (Lipinski definition) is 0. The summed E-state index contributed by atoms with van der Waals surface area (Å²) in [7, 11) is 0. The highest BCUT2D eigenvalue weighted by Gasteiger charge is 2.20. The maximum Gasteiger partial charge on any atom is 0.344 e. The van der Waals surface area contributed by atoms with Crippen LogP contribution in [0.5, 0.6) is 11.5 Å². The zero-order valence-electron chi connectivity index (χ0n) is 14.9. The third kappa shape index (κ3) is 5.81. The molecular weight excluding hydrogens is 354 g/mol. The van der Waals surface area contributed by atoms with Crippen molar-refractivity contribution in [1.82, 2.24) is 0 Å². The van der Waals surface area contributed by atoms with Crippen molar-refractivity contribution in [2.24, 2.45) is 0 Å². The van der Waals surface area contributed by atoms with Gasteiger partial charge in [0.2, 0.25) is 5.78 Å². The van der Waals surface area contributed by atoms with Gasteiger partial charge in [0, 0.05) is 17.7 Å². The van der Waals surface area contributed by atoms with Gasteiger partial charge in [-0.3, -0.25) is 14.9 Å². The van der Waals surface area contributed by atoms with E-state index in [-0.39, 0.29) is 17.2 Å². The Morgan fingerprint density at radius 1 is 1.00 bits per heavy atom. The summed E-state index contributed by atoms with van der Waals surface area (Å²) >= 11 is 0. The molecule has 0 N–H and O–H groups in total. The monoisotopic (exact) mass is 373 g/mol. The van der Waals surface area contributed by atoms with E-state index >= 15 is 0 Å². The fourth-order valence-electron chi connectivity index (χ4n) is 2.21. The van der Waals surface area contributed by atoms with Crippen molar-refractivity contribution in [2.45, 2.75) is 20.0 Å². The summed E-state index contributed by atoms with van der Waals surface area (Å²) in [5.74, 6) is -0.139. The van der Waals surface area contributed by atoms with Gasteiger partial charge in [0.15, 0.2) is 12.7 Å². The van der Waals surface area contributed by atoms with E-state index < -0.39 is 23.6 Å². The van der Waals surface area contributed by atoms with Gasteiger partial charge >= 0.3 is 5.97 Å². The third-order valence-corrected chi connectivity index (χ3v) is 3.53. The highest BCUT2D eigenvalue weighted by Crippen LogP contribution is 2.18. The number of nitro benzene ring substituents is 1. The quantitative estimate of drug-likeness (QED) is 0.288. The molecule has 27 heavy (non-hydrogen) atoms. The summed E-state index contributed by atoms with van der Waals surface area (Å²) in [5.41, 5.74) is 0.314. The van der Waals surface area contributed by atoms with Crippen molar-refractivity contribution in [3.05, 3.63) is 64.2 Å². The number of nitrogens with zero attached hydrogens (tertiary/aromatic N) is 1. The lowest BCUT2D eigenvalue weighted by atomic mass is 10.1. The fraction of sp³-hybridized carbons (Fsp3) is 0.263. The van der Waals surface area contributed by atoms with Crippen LogP contribution in [0.4, 0.5) is 5.69 Å². The number of hydrogen-bond acceptors (Lipinski definition) is 7. The standard InChI is InChI=1S/C19H19NO7/c1-3-25-16-8-4-14(5-9-16)19(22)13(2)27-18(21)12-26-17-10-6-15(7-11-17)20(23)24/h4-11,13H,3,12H2,1-2H3/t13-/m1/s1. The first-order valence-electron chi connectivity index (χ1n) is 8.24. The molecule has 0 aliphatic heterocycles. The van der Waals surface area contributed by atoms with E-state index in [9.17, 15) is 19.7 Å². The predicted octanol–water partition coefficient (Wildman–Crippen LogP) is 3.19. The van der Waals surface area contributed by atoms with Crippen LogP contribution >= 0.6 is 0 Å². The largest absolute Gasteiger partial charge is 0.494 e. The summed E-state index contributed by atoms with van der Waals surface area (Å²) in [5, 5.41) is 10.6. The Morgan fingerprint density at radius 3 is 2.11 bits per heavy atom. The minimum absolute atomic E-state index is 0.0838. The van der Waals surface area contributed by atoms with Crippen LogP contribution in [0, 0.1) is 10.1 Å². The SMILES string of the molecule is CCOc1ccc(C(=O)[C@@H](C)OC(=O)COc2ccc([N+](=O)[O-])cc2)cc1. The minimum Gasteiger partial charge on any atom is -0.494 e. The van der Waals surface area contributed by atoms with Crippen molar-refractivity contribution < 1.29 is 28.7 Å². The molecule has 0 aliphatic rings. The highest BCUT2D eigenvalue weighted by molar-refractivity contribution is 6.00. The van der Waals surface area contributed by atoms with Crippen LogP contribution in [-0.4, -0.2) is 36.0 Å². The Kier molecular flexibility index (Phi) is 6.87. The average Bonchev–Trinajstić information content (AvgIpc) is 2.67. The summed E-state index contributed by atoms with van der Waals surface area (Å²) in [4.78, 5) is 34.2. The van der Waals surface area contributed by atoms with E-state index in [0.717, 1.165) is 0 Å². The van der Waals surface area contributed by atoms with Crippen molar-refractivity contribution >= 4 is 17.4 Å². The van der Waals surface area contributed by atoms with Crippen LogP contribution in [-0.2, 0) is 9.53 Å². The minimum atomic E-state index is -0.976. The average molecular weight is 373 g/mol. The van der Waals surface area contributed by atoms with E-state index in [4.69, 9.17) is 14.2 Å². The van der Waals surface area contributed by atoms with Crippen LogP contribution in [0.25, 0.3) is 0 Å². The number of carbonyl (C=O) groups excluding carboxylic acids is 2. The second-order valence-corrected chi connectivity index (χ2v) is 5.49. The van der Waals surface area contributed by atoms with Gasteiger partial charge < -0.3 is 14.2 Å². The van der Waals surface area contributed by atoms with Crippen molar-refractivity contribution in [3.8, 4) is 11.5 Å². The van der Waals surface area contributed by atoms with Gasteiger partial charge in [0.1, 0.15) is 11.5 Å². The van der Waals surface area contributed by atoms with Gasteiger partial charge in [-0.05, 0) is 50.2 Å². The van der Waals surface area contributed by atoms with Crippen LogP contribution in [0.15, 0.2) is 48.5 Å². The molecule has 0 saturated heterocycles. The van der Waals surface area contributed by atoms with Gasteiger partial charge in [-0.2, -0.15) is 0 Å². The van der Waals surface area contributed by atoms with E-state index in [1.54, 1.807) is 24.3 Å². The van der Waals surface area contributed by atoms with E-state index in [0.29, 0.717) is 17.9 Å². The molecule has 0 fully saturated rings.